The number of benzene rings is 2. The molecule has 0 N–H and O–H groups in total. The third-order valence-electron chi connectivity index (χ3n) is 3.18. The zero-order valence-electron chi connectivity index (χ0n) is 10.7. The first-order valence-electron chi connectivity index (χ1n) is 6.02. The summed E-state index contributed by atoms with van der Waals surface area (Å²) in [7, 11) is 1.69. The van der Waals surface area contributed by atoms with Gasteiger partial charge < -0.3 is 4.74 Å². The molecule has 0 unspecified atom stereocenters. The van der Waals surface area contributed by atoms with Gasteiger partial charge in [-0.05, 0) is 52.7 Å². The zero-order chi connectivity index (χ0) is 13.4. The molecule has 0 fully saturated rings. The number of aryl methyl sites for hydroxylation is 1. The Kier molecular flexibility index (Phi) is 3.33. The van der Waals surface area contributed by atoms with E-state index in [0.717, 1.165) is 5.75 Å². The minimum atomic E-state index is 0.885. The van der Waals surface area contributed by atoms with Crippen molar-refractivity contribution in [2.24, 2.45) is 0 Å². The number of fused-ring (bicyclic) bond motifs is 1. The van der Waals surface area contributed by atoms with Gasteiger partial charge >= 0.3 is 0 Å². The Morgan fingerprint density at radius 2 is 1.79 bits per heavy atom. The summed E-state index contributed by atoms with van der Waals surface area (Å²) in [5.41, 5.74) is 3.77. The second-order valence-electron chi connectivity index (χ2n) is 4.48. The Morgan fingerprint density at radius 1 is 1.05 bits per heavy atom. The van der Waals surface area contributed by atoms with E-state index in [9.17, 15) is 0 Å². The zero-order valence-corrected chi connectivity index (χ0v) is 13.1. The molecule has 0 saturated heterocycles. The monoisotopic (exact) mass is 332 g/mol. The average Bonchev–Trinajstić information content (AvgIpc) is 2.74. The second-order valence-corrected chi connectivity index (χ2v) is 6.85. The first-order chi connectivity index (χ1) is 9.19. The smallest absolute Gasteiger partial charge is 0.118 e. The summed E-state index contributed by atoms with van der Waals surface area (Å²) in [4.78, 5) is 0. The molecular weight excluding hydrogens is 320 g/mol. The van der Waals surface area contributed by atoms with Gasteiger partial charge in [-0.3, -0.25) is 0 Å². The topological polar surface area (TPSA) is 9.23 Å². The van der Waals surface area contributed by atoms with Gasteiger partial charge in [0.2, 0.25) is 0 Å². The average molecular weight is 333 g/mol. The van der Waals surface area contributed by atoms with Crippen LogP contribution >= 0.6 is 27.3 Å². The molecule has 3 heteroatoms. The summed E-state index contributed by atoms with van der Waals surface area (Å²) in [6, 6.07) is 14.8. The molecule has 0 aliphatic heterocycles. The van der Waals surface area contributed by atoms with Gasteiger partial charge in [-0.2, -0.15) is 0 Å². The van der Waals surface area contributed by atoms with Crippen molar-refractivity contribution in [2.75, 3.05) is 7.11 Å². The van der Waals surface area contributed by atoms with E-state index in [1.807, 2.05) is 12.1 Å². The Bertz CT molecular complexity index is 728. The van der Waals surface area contributed by atoms with Crippen molar-refractivity contribution < 1.29 is 4.74 Å². The van der Waals surface area contributed by atoms with E-state index < -0.39 is 0 Å². The molecule has 19 heavy (non-hydrogen) atoms. The van der Waals surface area contributed by atoms with Crippen molar-refractivity contribution in [1.29, 1.82) is 0 Å². The second kappa shape index (κ2) is 4.99. The molecule has 0 aliphatic rings. The maximum atomic E-state index is 5.21. The molecule has 0 bridgehead atoms. The molecule has 2 aromatic carbocycles. The van der Waals surface area contributed by atoms with Crippen molar-refractivity contribution >= 4 is 37.4 Å². The van der Waals surface area contributed by atoms with Crippen LogP contribution in [0, 0.1) is 6.92 Å². The van der Waals surface area contributed by atoms with Crippen molar-refractivity contribution in [1.82, 2.24) is 0 Å². The van der Waals surface area contributed by atoms with E-state index in [1.54, 1.807) is 18.4 Å². The molecule has 3 aromatic rings. The largest absolute Gasteiger partial charge is 0.497 e. The highest BCUT2D eigenvalue weighted by atomic mass is 79.9. The van der Waals surface area contributed by atoms with Gasteiger partial charge in [0.15, 0.2) is 0 Å². The maximum absolute atomic E-state index is 5.21. The van der Waals surface area contributed by atoms with Crippen molar-refractivity contribution in [3.05, 3.63) is 51.8 Å². The maximum Gasteiger partial charge on any atom is 0.118 e. The van der Waals surface area contributed by atoms with Crippen LogP contribution in [0.5, 0.6) is 5.75 Å². The number of hydrogen-bond donors (Lipinski definition) is 0. The first kappa shape index (κ1) is 12.7. The predicted octanol–water partition coefficient (Wildman–Crippen LogP) is 5.65. The van der Waals surface area contributed by atoms with E-state index in [4.69, 9.17) is 4.74 Å². The van der Waals surface area contributed by atoms with Crippen LogP contribution in [0.2, 0.25) is 0 Å². The fourth-order valence-corrected chi connectivity index (χ4v) is 4.10. The predicted molar refractivity (Wildman–Crippen MR) is 86.3 cm³/mol. The van der Waals surface area contributed by atoms with Crippen LogP contribution in [0.15, 0.2) is 46.3 Å². The van der Waals surface area contributed by atoms with Gasteiger partial charge in [0.05, 0.1) is 10.9 Å². The first-order valence-corrected chi connectivity index (χ1v) is 7.63. The minimum Gasteiger partial charge on any atom is -0.497 e. The SMILES string of the molecule is COc1ccc(-c2c(Br)sc3ccc(C)cc23)cc1. The van der Waals surface area contributed by atoms with Crippen LogP contribution in [0.4, 0.5) is 0 Å². The lowest BCUT2D eigenvalue weighted by atomic mass is 10.0. The molecule has 0 amide bonds. The molecular formula is C16H13BrOS. The highest BCUT2D eigenvalue weighted by Gasteiger charge is 2.12. The molecule has 0 aliphatic carbocycles. The molecule has 1 heterocycles. The van der Waals surface area contributed by atoms with Crippen molar-refractivity contribution in [3.63, 3.8) is 0 Å². The molecule has 96 valence electrons. The van der Waals surface area contributed by atoms with Crippen LogP contribution in [-0.4, -0.2) is 7.11 Å². The quantitative estimate of drug-likeness (QED) is 0.589. The van der Waals surface area contributed by atoms with Crippen molar-refractivity contribution in [3.8, 4) is 16.9 Å². The van der Waals surface area contributed by atoms with Crippen LogP contribution in [0.1, 0.15) is 5.56 Å². The normalized spacial score (nSPS) is 10.9. The van der Waals surface area contributed by atoms with Gasteiger partial charge in [0.25, 0.3) is 0 Å². The lowest BCUT2D eigenvalue weighted by molar-refractivity contribution is 0.415. The standard InChI is InChI=1S/C16H13BrOS/c1-10-3-8-14-13(9-10)15(16(17)19-14)11-4-6-12(18-2)7-5-11/h3-9H,1-2H3. The van der Waals surface area contributed by atoms with E-state index in [0.29, 0.717) is 0 Å². The molecule has 1 aromatic heterocycles. The van der Waals surface area contributed by atoms with Crippen LogP contribution in [0.3, 0.4) is 0 Å². The summed E-state index contributed by atoms with van der Waals surface area (Å²) >= 11 is 5.47. The van der Waals surface area contributed by atoms with E-state index in [1.165, 1.54) is 30.6 Å². The lowest BCUT2D eigenvalue weighted by Gasteiger charge is -2.04. The van der Waals surface area contributed by atoms with Gasteiger partial charge in [-0.15, -0.1) is 11.3 Å². The number of hydrogen-bond acceptors (Lipinski definition) is 2. The molecule has 0 radical (unpaired) electrons. The van der Waals surface area contributed by atoms with Crippen molar-refractivity contribution in [2.45, 2.75) is 6.92 Å². The summed E-state index contributed by atoms with van der Waals surface area (Å²) in [6.07, 6.45) is 0. The molecule has 0 saturated carbocycles. The number of thiophene rings is 1. The van der Waals surface area contributed by atoms with E-state index in [-0.39, 0.29) is 0 Å². The Balaban J connectivity index is 2.22. The van der Waals surface area contributed by atoms with E-state index in [2.05, 4.69) is 53.2 Å². The summed E-state index contributed by atoms with van der Waals surface area (Å²) in [5.74, 6) is 0.885. The minimum absolute atomic E-state index is 0.885. The molecule has 1 nitrogen and oxygen atoms in total. The third kappa shape index (κ3) is 2.28. The van der Waals surface area contributed by atoms with Crippen LogP contribution in [0.25, 0.3) is 21.2 Å². The van der Waals surface area contributed by atoms with Gasteiger partial charge in [-0.25, -0.2) is 0 Å². The van der Waals surface area contributed by atoms with Gasteiger partial charge in [0.1, 0.15) is 5.75 Å². The number of halogens is 1. The molecule has 3 rings (SSSR count). The number of rotatable bonds is 2. The molecule has 0 atom stereocenters. The number of methoxy groups -OCH3 is 1. The summed E-state index contributed by atoms with van der Waals surface area (Å²) in [5, 5.41) is 1.31. The fourth-order valence-electron chi connectivity index (χ4n) is 2.21. The number of ether oxygens (including phenoxy) is 1. The third-order valence-corrected chi connectivity index (χ3v) is 5.02. The summed E-state index contributed by atoms with van der Waals surface area (Å²) in [6.45, 7) is 2.13. The molecule has 0 spiro atoms. The van der Waals surface area contributed by atoms with Gasteiger partial charge in [-0.1, -0.05) is 23.8 Å². The highest BCUT2D eigenvalue weighted by molar-refractivity contribution is 9.11. The van der Waals surface area contributed by atoms with Crippen LogP contribution in [-0.2, 0) is 0 Å². The Labute approximate surface area is 125 Å². The van der Waals surface area contributed by atoms with E-state index >= 15 is 0 Å². The Morgan fingerprint density at radius 3 is 2.47 bits per heavy atom. The van der Waals surface area contributed by atoms with Gasteiger partial charge in [0, 0.05) is 15.6 Å². The fraction of sp³-hybridized carbons (Fsp3) is 0.125. The highest BCUT2D eigenvalue weighted by Crippen LogP contribution is 2.42. The summed E-state index contributed by atoms with van der Waals surface area (Å²) < 4.78 is 7.70. The lowest BCUT2D eigenvalue weighted by Crippen LogP contribution is -1.82. The van der Waals surface area contributed by atoms with Crippen LogP contribution < -0.4 is 4.74 Å². The Hall–Kier alpha value is -1.32.